The van der Waals surface area contributed by atoms with Crippen LogP contribution in [0.2, 0.25) is 0 Å². The Balaban J connectivity index is 1.90. The SMILES string of the molecule is O=C(NC1(CBr)CCCCC1)C1CCCCS1. The fourth-order valence-electron chi connectivity index (χ4n) is 2.81. The summed E-state index contributed by atoms with van der Waals surface area (Å²) in [4.78, 5) is 12.3. The van der Waals surface area contributed by atoms with Crippen molar-refractivity contribution in [1.82, 2.24) is 5.32 Å². The van der Waals surface area contributed by atoms with Gasteiger partial charge in [-0.2, -0.15) is 0 Å². The summed E-state index contributed by atoms with van der Waals surface area (Å²) < 4.78 is 0. The number of nitrogens with one attached hydrogen (secondary N) is 1. The summed E-state index contributed by atoms with van der Waals surface area (Å²) in [6.45, 7) is 0. The normalized spacial score (nSPS) is 28.6. The number of hydrogen-bond acceptors (Lipinski definition) is 2. The van der Waals surface area contributed by atoms with Crippen molar-refractivity contribution in [2.75, 3.05) is 11.1 Å². The molecule has 1 saturated carbocycles. The molecular weight excluding hydrogens is 298 g/mol. The minimum atomic E-state index is 0.0489. The molecule has 2 rings (SSSR count). The fraction of sp³-hybridized carbons (Fsp3) is 0.923. The number of hydrogen-bond donors (Lipinski definition) is 1. The summed E-state index contributed by atoms with van der Waals surface area (Å²) in [6, 6.07) is 0. The number of amides is 1. The maximum atomic E-state index is 12.3. The van der Waals surface area contributed by atoms with E-state index in [1.807, 2.05) is 11.8 Å². The van der Waals surface area contributed by atoms with Crippen LogP contribution in [0.3, 0.4) is 0 Å². The topological polar surface area (TPSA) is 29.1 Å². The highest BCUT2D eigenvalue weighted by Crippen LogP contribution is 2.31. The second kappa shape index (κ2) is 6.46. The van der Waals surface area contributed by atoms with Gasteiger partial charge in [0.25, 0.3) is 0 Å². The van der Waals surface area contributed by atoms with Crippen molar-refractivity contribution >= 4 is 33.6 Å². The number of thioether (sulfide) groups is 1. The van der Waals surface area contributed by atoms with E-state index < -0.39 is 0 Å². The molecule has 1 aliphatic carbocycles. The van der Waals surface area contributed by atoms with Gasteiger partial charge in [0.1, 0.15) is 0 Å². The average molecular weight is 320 g/mol. The van der Waals surface area contributed by atoms with Crippen LogP contribution in [0.4, 0.5) is 0 Å². The lowest BCUT2D eigenvalue weighted by molar-refractivity contribution is -0.122. The molecule has 0 aromatic rings. The smallest absolute Gasteiger partial charge is 0.233 e. The van der Waals surface area contributed by atoms with Crippen LogP contribution in [0.5, 0.6) is 0 Å². The van der Waals surface area contributed by atoms with E-state index >= 15 is 0 Å². The number of halogens is 1. The minimum Gasteiger partial charge on any atom is -0.349 e. The monoisotopic (exact) mass is 319 g/mol. The van der Waals surface area contributed by atoms with Crippen molar-refractivity contribution in [3.05, 3.63) is 0 Å². The van der Waals surface area contributed by atoms with E-state index in [2.05, 4.69) is 21.2 Å². The van der Waals surface area contributed by atoms with E-state index in [0.29, 0.717) is 0 Å². The fourth-order valence-corrected chi connectivity index (χ4v) is 4.71. The zero-order valence-electron chi connectivity index (χ0n) is 10.3. The molecule has 0 radical (unpaired) electrons. The molecule has 0 spiro atoms. The summed E-state index contributed by atoms with van der Waals surface area (Å²) in [5.74, 6) is 1.44. The zero-order chi connectivity index (χ0) is 12.1. The van der Waals surface area contributed by atoms with Crippen molar-refractivity contribution in [3.63, 3.8) is 0 Å². The van der Waals surface area contributed by atoms with E-state index in [9.17, 15) is 4.79 Å². The zero-order valence-corrected chi connectivity index (χ0v) is 12.7. The quantitative estimate of drug-likeness (QED) is 0.807. The van der Waals surface area contributed by atoms with Gasteiger partial charge in [0, 0.05) is 10.9 Å². The molecule has 1 atom stereocenters. The highest BCUT2D eigenvalue weighted by atomic mass is 79.9. The Morgan fingerprint density at radius 1 is 1.24 bits per heavy atom. The van der Waals surface area contributed by atoms with Crippen LogP contribution < -0.4 is 5.32 Å². The highest BCUT2D eigenvalue weighted by molar-refractivity contribution is 9.09. The van der Waals surface area contributed by atoms with Crippen LogP contribution >= 0.6 is 27.7 Å². The Kier molecular flexibility index (Phi) is 5.22. The Morgan fingerprint density at radius 2 is 2.00 bits per heavy atom. The Labute approximate surface area is 117 Å². The summed E-state index contributed by atoms with van der Waals surface area (Å²) in [5.41, 5.74) is 0.0489. The summed E-state index contributed by atoms with van der Waals surface area (Å²) in [5, 5.41) is 4.46. The molecular formula is C13H22BrNOS. The van der Waals surface area contributed by atoms with Gasteiger partial charge in [0.05, 0.1) is 5.25 Å². The molecule has 1 aliphatic heterocycles. The molecule has 4 heteroatoms. The van der Waals surface area contributed by atoms with Gasteiger partial charge in [0.15, 0.2) is 0 Å². The van der Waals surface area contributed by atoms with Crippen molar-refractivity contribution in [1.29, 1.82) is 0 Å². The number of carbonyl (C=O) groups excluding carboxylic acids is 1. The van der Waals surface area contributed by atoms with Gasteiger partial charge in [-0.15, -0.1) is 11.8 Å². The molecule has 1 heterocycles. The van der Waals surface area contributed by atoms with Gasteiger partial charge in [-0.3, -0.25) is 4.79 Å². The Morgan fingerprint density at radius 3 is 2.59 bits per heavy atom. The van der Waals surface area contributed by atoms with E-state index in [1.165, 1.54) is 32.1 Å². The molecule has 1 saturated heterocycles. The van der Waals surface area contributed by atoms with Crippen LogP contribution in [0.1, 0.15) is 51.4 Å². The molecule has 1 unspecified atom stereocenters. The second-order valence-electron chi connectivity index (χ2n) is 5.32. The van der Waals surface area contributed by atoms with Crippen molar-refractivity contribution in [3.8, 4) is 0 Å². The third-order valence-corrected chi connectivity index (χ3v) is 6.38. The first kappa shape index (κ1) is 13.7. The van der Waals surface area contributed by atoms with Crippen molar-refractivity contribution < 1.29 is 4.79 Å². The first-order valence-corrected chi connectivity index (χ1v) is 8.92. The van der Waals surface area contributed by atoms with Crippen LogP contribution in [0, 0.1) is 0 Å². The van der Waals surface area contributed by atoms with Crippen LogP contribution in [0.25, 0.3) is 0 Å². The number of carbonyl (C=O) groups is 1. The van der Waals surface area contributed by atoms with Gasteiger partial charge in [-0.1, -0.05) is 41.6 Å². The molecule has 2 fully saturated rings. The predicted octanol–water partition coefficient (Wildman–Crippen LogP) is 3.49. The van der Waals surface area contributed by atoms with Crippen LogP contribution in [-0.2, 0) is 4.79 Å². The highest BCUT2D eigenvalue weighted by Gasteiger charge is 2.34. The third-order valence-electron chi connectivity index (χ3n) is 3.93. The van der Waals surface area contributed by atoms with Crippen molar-refractivity contribution in [2.45, 2.75) is 62.2 Å². The molecule has 1 amide bonds. The predicted molar refractivity (Wildman–Crippen MR) is 77.8 cm³/mol. The lowest BCUT2D eigenvalue weighted by Gasteiger charge is -2.38. The van der Waals surface area contributed by atoms with Gasteiger partial charge in [0.2, 0.25) is 5.91 Å². The van der Waals surface area contributed by atoms with Gasteiger partial charge in [-0.05, 0) is 31.4 Å². The maximum Gasteiger partial charge on any atom is 0.233 e. The average Bonchev–Trinajstić information content (AvgIpc) is 2.41. The molecule has 0 aromatic carbocycles. The van der Waals surface area contributed by atoms with E-state index in [1.54, 1.807) is 0 Å². The first-order valence-electron chi connectivity index (χ1n) is 6.75. The maximum absolute atomic E-state index is 12.3. The van der Waals surface area contributed by atoms with Crippen LogP contribution in [0.15, 0.2) is 0 Å². The molecule has 2 aliphatic rings. The van der Waals surface area contributed by atoms with Gasteiger partial charge < -0.3 is 5.32 Å². The number of alkyl halides is 1. The molecule has 98 valence electrons. The van der Waals surface area contributed by atoms with E-state index in [4.69, 9.17) is 0 Å². The first-order chi connectivity index (χ1) is 8.26. The molecule has 1 N–H and O–H groups in total. The summed E-state index contributed by atoms with van der Waals surface area (Å²) in [6.07, 6.45) is 9.66. The number of rotatable bonds is 3. The summed E-state index contributed by atoms with van der Waals surface area (Å²) >= 11 is 5.44. The van der Waals surface area contributed by atoms with Crippen molar-refractivity contribution in [2.24, 2.45) is 0 Å². The Hall–Kier alpha value is 0.300. The summed E-state index contributed by atoms with van der Waals surface area (Å²) in [7, 11) is 0. The second-order valence-corrected chi connectivity index (χ2v) is 7.19. The third kappa shape index (κ3) is 3.63. The Bertz CT molecular complexity index is 260. The molecule has 0 bridgehead atoms. The molecule has 17 heavy (non-hydrogen) atoms. The largest absolute Gasteiger partial charge is 0.349 e. The minimum absolute atomic E-state index is 0.0489. The van der Waals surface area contributed by atoms with Gasteiger partial charge in [-0.25, -0.2) is 0 Å². The van der Waals surface area contributed by atoms with Gasteiger partial charge >= 0.3 is 0 Å². The standard InChI is InChI=1S/C13H22BrNOS/c14-10-13(7-3-1-4-8-13)15-12(16)11-6-2-5-9-17-11/h11H,1-10H2,(H,15,16). The van der Waals surface area contributed by atoms with E-state index in [0.717, 1.165) is 30.3 Å². The molecule has 0 aromatic heterocycles. The molecule has 2 nitrogen and oxygen atoms in total. The van der Waals surface area contributed by atoms with Crippen LogP contribution in [-0.4, -0.2) is 27.8 Å². The van der Waals surface area contributed by atoms with E-state index in [-0.39, 0.29) is 16.7 Å². The lowest BCUT2D eigenvalue weighted by atomic mass is 9.83. The lowest BCUT2D eigenvalue weighted by Crippen LogP contribution is -2.53.